The van der Waals surface area contributed by atoms with E-state index < -0.39 is 5.82 Å². The predicted molar refractivity (Wildman–Crippen MR) is 143 cm³/mol. The molecule has 5 nitrogen and oxygen atoms in total. The molecule has 1 amide bonds. The van der Waals surface area contributed by atoms with Gasteiger partial charge in [0, 0.05) is 41.7 Å². The monoisotopic (exact) mass is 536 g/mol. The highest BCUT2D eigenvalue weighted by Crippen LogP contribution is 2.37. The number of hydrogen-bond acceptors (Lipinski definition) is 4. The number of carbonyl (C=O) groups is 1. The van der Waals surface area contributed by atoms with Crippen molar-refractivity contribution in [3.8, 4) is 0 Å². The van der Waals surface area contributed by atoms with Gasteiger partial charge in [-0.25, -0.2) is 4.39 Å². The first-order valence-electron chi connectivity index (χ1n) is 11.6. The van der Waals surface area contributed by atoms with E-state index in [2.05, 4.69) is 46.6 Å². The summed E-state index contributed by atoms with van der Waals surface area (Å²) in [6.45, 7) is 10.3. The Bertz CT molecular complexity index is 1240. The van der Waals surface area contributed by atoms with Gasteiger partial charge in [-0.1, -0.05) is 47.3 Å². The summed E-state index contributed by atoms with van der Waals surface area (Å²) in [6.07, 6.45) is 14.7. The van der Waals surface area contributed by atoms with Crippen LogP contribution >= 0.6 is 15.9 Å². The van der Waals surface area contributed by atoms with Crippen LogP contribution in [0.3, 0.4) is 0 Å². The topological polar surface area (TPSA) is 38.8 Å². The first-order chi connectivity index (χ1) is 16.7. The molecule has 0 radical (unpaired) electrons. The molecule has 1 heterocycles. The van der Waals surface area contributed by atoms with Gasteiger partial charge in [-0.05, 0) is 62.6 Å². The minimum atomic E-state index is -0.419. The van der Waals surface area contributed by atoms with Gasteiger partial charge in [0.15, 0.2) is 0 Å². The van der Waals surface area contributed by atoms with Gasteiger partial charge in [0.25, 0.3) is 5.91 Å². The van der Waals surface area contributed by atoms with Gasteiger partial charge in [0.05, 0.1) is 17.0 Å². The van der Waals surface area contributed by atoms with Crippen LogP contribution in [0.4, 0.5) is 10.1 Å². The molecule has 7 heteroatoms. The zero-order chi connectivity index (χ0) is 25.3. The number of halogens is 2. The van der Waals surface area contributed by atoms with Gasteiger partial charge in [-0.2, -0.15) is 0 Å². The molecular formula is C28H30BrFN4O. The van der Waals surface area contributed by atoms with Crippen LogP contribution in [0.15, 0.2) is 106 Å². The lowest BCUT2D eigenvalue weighted by Crippen LogP contribution is -2.41. The Hall–Kier alpha value is -3.32. The number of nitrogens with zero attached hydrogens (tertiary/aromatic N) is 3. The molecule has 1 fully saturated rings. The van der Waals surface area contributed by atoms with Crippen molar-refractivity contribution in [3.63, 3.8) is 0 Å². The van der Waals surface area contributed by atoms with Crippen LogP contribution < -0.4 is 5.32 Å². The molecule has 35 heavy (non-hydrogen) atoms. The molecule has 4 rings (SSSR count). The molecule has 182 valence electrons. The number of carbonyl (C=O) groups excluding carboxylic acids is 1. The lowest BCUT2D eigenvalue weighted by atomic mass is 10.0. The molecule has 0 bridgehead atoms. The van der Waals surface area contributed by atoms with Crippen molar-refractivity contribution in [1.82, 2.24) is 14.7 Å². The minimum absolute atomic E-state index is 0.0738. The van der Waals surface area contributed by atoms with Crippen molar-refractivity contribution < 1.29 is 9.18 Å². The Balaban J connectivity index is 1.69. The van der Waals surface area contributed by atoms with Crippen molar-refractivity contribution in [3.05, 3.63) is 112 Å². The highest BCUT2D eigenvalue weighted by molar-refractivity contribution is 9.10. The fraction of sp³-hybridized carbons (Fsp3) is 0.250. The summed E-state index contributed by atoms with van der Waals surface area (Å²) < 4.78 is 15.3. The molecule has 3 aliphatic rings. The van der Waals surface area contributed by atoms with Crippen LogP contribution in [0.1, 0.15) is 26.2 Å². The number of amides is 1. The van der Waals surface area contributed by atoms with Crippen LogP contribution in [-0.2, 0) is 4.79 Å². The van der Waals surface area contributed by atoms with Gasteiger partial charge in [0.1, 0.15) is 11.6 Å². The molecule has 1 aromatic carbocycles. The van der Waals surface area contributed by atoms with E-state index in [1.165, 1.54) is 6.07 Å². The molecule has 1 aromatic rings. The lowest BCUT2D eigenvalue weighted by molar-refractivity contribution is -0.126. The quantitative estimate of drug-likeness (QED) is 0.436. The maximum Gasteiger partial charge on any atom is 0.263 e. The Labute approximate surface area is 215 Å². The third-order valence-corrected chi connectivity index (χ3v) is 6.93. The van der Waals surface area contributed by atoms with Crippen LogP contribution in [0.25, 0.3) is 0 Å². The van der Waals surface area contributed by atoms with E-state index >= 15 is 0 Å². The summed E-state index contributed by atoms with van der Waals surface area (Å²) >= 11 is 3.29. The summed E-state index contributed by atoms with van der Waals surface area (Å²) in [4.78, 5) is 19.8. The first kappa shape index (κ1) is 24.8. The first-order valence-corrected chi connectivity index (χ1v) is 12.4. The summed E-state index contributed by atoms with van der Waals surface area (Å²) in [5, 5.41) is 3.14. The van der Waals surface area contributed by atoms with E-state index in [0.717, 1.165) is 30.7 Å². The second kappa shape index (κ2) is 10.1. The highest BCUT2D eigenvalue weighted by Gasteiger charge is 2.39. The van der Waals surface area contributed by atoms with Gasteiger partial charge in [-0.15, -0.1) is 0 Å². The Kier molecular flexibility index (Phi) is 7.17. The van der Waals surface area contributed by atoms with Crippen molar-refractivity contribution >= 4 is 27.5 Å². The van der Waals surface area contributed by atoms with Crippen molar-refractivity contribution in [2.45, 2.75) is 32.2 Å². The largest absolute Gasteiger partial charge is 0.352 e. The SMILES string of the molecule is C=C1C=C(Nc2ccc(Br)cc2F)C(C(=O)N(C(=C)N(C)C2=CC=CCC=C2)C2CC2)=C(C)N1C. The second-order valence-corrected chi connectivity index (χ2v) is 9.77. The average Bonchev–Trinajstić information content (AvgIpc) is 3.66. The van der Waals surface area contributed by atoms with E-state index in [0.29, 0.717) is 27.3 Å². The molecule has 1 saturated carbocycles. The molecule has 1 N–H and O–H groups in total. The Morgan fingerprint density at radius 1 is 1.29 bits per heavy atom. The summed E-state index contributed by atoms with van der Waals surface area (Å²) in [7, 11) is 3.79. The number of hydrogen-bond donors (Lipinski definition) is 1. The molecule has 2 aliphatic carbocycles. The Morgan fingerprint density at radius 2 is 2.03 bits per heavy atom. The molecule has 0 atom stereocenters. The van der Waals surface area contributed by atoms with Gasteiger partial charge in [0.2, 0.25) is 0 Å². The summed E-state index contributed by atoms with van der Waals surface area (Å²) in [5.74, 6) is 0.00837. The van der Waals surface area contributed by atoms with E-state index in [1.54, 1.807) is 23.1 Å². The van der Waals surface area contributed by atoms with E-state index in [4.69, 9.17) is 0 Å². The van der Waals surface area contributed by atoms with Crippen LogP contribution in [0, 0.1) is 5.82 Å². The number of likely N-dealkylation sites (N-methyl/N-ethyl adjacent to an activating group) is 2. The fourth-order valence-electron chi connectivity index (χ4n) is 4.07. The van der Waals surface area contributed by atoms with Gasteiger partial charge in [-0.3, -0.25) is 9.69 Å². The average molecular weight is 537 g/mol. The van der Waals surface area contributed by atoms with Crippen LogP contribution in [0.2, 0.25) is 0 Å². The maximum atomic E-state index is 14.7. The zero-order valence-electron chi connectivity index (χ0n) is 20.3. The standard InChI is InChI=1S/C28H30BrFN4O/c1-18-16-26(31-25-15-12-21(29)17-24(25)30)27(19(2)32(18)4)28(35)34(23-13-14-23)20(3)33(5)22-10-8-6-7-9-11-22/h6,8-12,15-17,23,31H,1,3,7,13-14H2,2,4-5H3. The molecule has 0 spiro atoms. The summed E-state index contributed by atoms with van der Waals surface area (Å²) in [6, 6.07) is 4.86. The smallest absolute Gasteiger partial charge is 0.263 e. The number of nitrogens with one attached hydrogen (secondary N) is 1. The predicted octanol–water partition coefficient (Wildman–Crippen LogP) is 6.41. The molecule has 0 unspecified atom stereocenters. The zero-order valence-corrected chi connectivity index (χ0v) is 21.9. The maximum absolute atomic E-state index is 14.7. The van der Waals surface area contributed by atoms with Gasteiger partial charge >= 0.3 is 0 Å². The van der Waals surface area contributed by atoms with Crippen molar-refractivity contribution in [1.29, 1.82) is 0 Å². The fourth-order valence-corrected chi connectivity index (χ4v) is 4.40. The number of rotatable bonds is 7. The van der Waals surface area contributed by atoms with Crippen molar-refractivity contribution in [2.75, 3.05) is 19.4 Å². The van der Waals surface area contributed by atoms with E-state index in [-0.39, 0.29) is 17.6 Å². The van der Waals surface area contributed by atoms with Crippen LogP contribution in [0.5, 0.6) is 0 Å². The molecular weight excluding hydrogens is 507 g/mol. The number of allylic oxidation sites excluding steroid dienone is 7. The van der Waals surface area contributed by atoms with Crippen molar-refractivity contribution in [2.24, 2.45) is 0 Å². The molecule has 1 aliphatic heterocycles. The van der Waals surface area contributed by atoms with Crippen LogP contribution in [-0.4, -0.2) is 40.7 Å². The number of anilines is 1. The Morgan fingerprint density at radius 3 is 2.71 bits per heavy atom. The molecule has 0 aromatic heterocycles. The van der Waals surface area contributed by atoms with Gasteiger partial charge < -0.3 is 15.1 Å². The normalized spacial score (nSPS) is 17.6. The lowest BCUT2D eigenvalue weighted by Gasteiger charge is -2.36. The number of benzene rings is 1. The molecule has 0 saturated heterocycles. The second-order valence-electron chi connectivity index (χ2n) is 8.86. The van der Waals surface area contributed by atoms with E-state index in [9.17, 15) is 9.18 Å². The highest BCUT2D eigenvalue weighted by atomic mass is 79.9. The minimum Gasteiger partial charge on any atom is -0.352 e. The summed E-state index contributed by atoms with van der Waals surface area (Å²) in [5.41, 5.74) is 3.65. The van der Waals surface area contributed by atoms with E-state index in [1.807, 2.05) is 49.0 Å². The third-order valence-electron chi connectivity index (χ3n) is 6.44. The third kappa shape index (κ3) is 5.20.